The number of hydrogen-bond donors (Lipinski definition) is 1. The molecule has 0 atom stereocenters. The Bertz CT molecular complexity index is 1490. The largest absolute Gasteiger partial charge is 0.484 e. The van der Waals surface area contributed by atoms with Gasteiger partial charge in [-0.15, -0.1) is 0 Å². The van der Waals surface area contributed by atoms with E-state index < -0.39 is 0 Å². The lowest BCUT2D eigenvalue weighted by Gasteiger charge is -2.22. The summed E-state index contributed by atoms with van der Waals surface area (Å²) in [6.45, 7) is 1.88. The molecule has 1 amide bonds. The Morgan fingerprint density at radius 2 is 1.84 bits per heavy atom. The molecule has 7 nitrogen and oxygen atoms in total. The minimum Gasteiger partial charge on any atom is -0.484 e. The summed E-state index contributed by atoms with van der Waals surface area (Å²) in [6, 6.07) is 22.3. The van der Waals surface area contributed by atoms with Crippen molar-refractivity contribution < 1.29 is 9.53 Å². The van der Waals surface area contributed by atoms with Gasteiger partial charge in [0.25, 0.3) is 11.5 Å². The van der Waals surface area contributed by atoms with Crippen molar-refractivity contribution in [2.45, 2.75) is 44.9 Å². The topological polar surface area (TPSA) is 85.6 Å². The number of aromatic nitrogens is 2. The summed E-state index contributed by atoms with van der Waals surface area (Å²) < 4.78 is 7.16. The van der Waals surface area contributed by atoms with Crippen LogP contribution in [-0.4, -0.2) is 28.4 Å². The highest BCUT2D eigenvalue weighted by molar-refractivity contribution is 5.92. The van der Waals surface area contributed by atoms with Gasteiger partial charge in [0.2, 0.25) is 0 Å². The molecule has 1 aliphatic rings. The summed E-state index contributed by atoms with van der Waals surface area (Å²) in [6.07, 6.45) is 7.14. The monoisotopic (exact) mass is 494 g/mol. The minimum atomic E-state index is -0.242. The van der Waals surface area contributed by atoms with E-state index in [1.54, 1.807) is 24.4 Å². The van der Waals surface area contributed by atoms with Gasteiger partial charge < -0.3 is 10.1 Å². The van der Waals surface area contributed by atoms with Crippen LogP contribution < -0.4 is 15.6 Å². The predicted molar refractivity (Wildman–Crippen MR) is 147 cm³/mol. The molecule has 1 aromatic heterocycles. The molecule has 1 N–H and O–H groups in total. The molecule has 0 saturated heterocycles. The molecule has 0 aliphatic heterocycles. The number of hydrogen-bond acceptors (Lipinski definition) is 5. The third-order valence-electron chi connectivity index (χ3n) is 6.63. The highest BCUT2D eigenvalue weighted by Crippen LogP contribution is 2.31. The molecule has 5 rings (SSSR count). The van der Waals surface area contributed by atoms with Crippen molar-refractivity contribution in [1.82, 2.24) is 9.66 Å². The number of anilines is 1. The number of carbonyl (C=O) groups is 1. The van der Waals surface area contributed by atoms with E-state index in [4.69, 9.17) is 9.72 Å². The van der Waals surface area contributed by atoms with Gasteiger partial charge in [-0.2, -0.15) is 9.78 Å². The van der Waals surface area contributed by atoms with Crippen LogP contribution in [0, 0.1) is 6.92 Å². The molecule has 0 bridgehead atoms. The number of nitrogens with one attached hydrogen (secondary N) is 1. The van der Waals surface area contributed by atoms with E-state index in [2.05, 4.69) is 10.4 Å². The molecule has 1 aliphatic carbocycles. The second kappa shape index (κ2) is 11.2. The van der Waals surface area contributed by atoms with Gasteiger partial charge in [-0.05, 0) is 61.7 Å². The number of rotatable bonds is 7. The van der Waals surface area contributed by atoms with Crippen molar-refractivity contribution in [3.63, 3.8) is 0 Å². The van der Waals surface area contributed by atoms with Crippen LogP contribution in [0.3, 0.4) is 0 Å². The first-order valence-corrected chi connectivity index (χ1v) is 12.7. The smallest absolute Gasteiger partial charge is 0.282 e. The lowest BCUT2D eigenvalue weighted by molar-refractivity contribution is -0.118. The second-order valence-electron chi connectivity index (χ2n) is 9.46. The summed E-state index contributed by atoms with van der Waals surface area (Å²) in [5, 5.41) is 7.96. The van der Waals surface area contributed by atoms with Crippen molar-refractivity contribution >= 4 is 28.7 Å². The first-order valence-electron chi connectivity index (χ1n) is 12.7. The predicted octanol–water partition coefficient (Wildman–Crippen LogP) is 5.65. The highest BCUT2D eigenvalue weighted by atomic mass is 16.5. The number of aryl methyl sites for hydroxylation is 1. The molecule has 3 aromatic carbocycles. The zero-order valence-electron chi connectivity index (χ0n) is 20.9. The van der Waals surface area contributed by atoms with Crippen LogP contribution in [0.25, 0.3) is 10.9 Å². The van der Waals surface area contributed by atoms with E-state index in [1.807, 2.05) is 61.5 Å². The summed E-state index contributed by atoms with van der Waals surface area (Å²) >= 11 is 0. The van der Waals surface area contributed by atoms with Gasteiger partial charge in [0.1, 0.15) is 11.6 Å². The summed E-state index contributed by atoms with van der Waals surface area (Å²) in [5.41, 5.74) is 3.15. The Morgan fingerprint density at radius 1 is 1.05 bits per heavy atom. The van der Waals surface area contributed by atoms with Gasteiger partial charge in [-0.25, -0.2) is 4.98 Å². The fraction of sp³-hybridized carbons (Fsp3) is 0.267. The normalized spacial score (nSPS) is 14.2. The Labute approximate surface area is 215 Å². The third kappa shape index (κ3) is 5.94. The molecular formula is C30H30N4O3. The van der Waals surface area contributed by atoms with Gasteiger partial charge in [-0.1, -0.05) is 61.2 Å². The standard InChI is InChI=1S/C30H30N4O3/c1-21-14-16-24(17-15-21)32-28(35)20-37-25-11-7-8-22(18-25)19-31-34-29(23-9-3-2-4-10-23)33-27-13-6-5-12-26(27)30(34)36/h5-8,11-19,23H,2-4,9-10,20H2,1H3,(H,32,35). The zero-order chi connectivity index (χ0) is 25.6. The van der Waals surface area contributed by atoms with Crippen LogP contribution in [0.5, 0.6) is 5.75 Å². The Balaban J connectivity index is 1.34. The van der Waals surface area contributed by atoms with Crippen LogP contribution in [0.1, 0.15) is 55.0 Å². The second-order valence-corrected chi connectivity index (χ2v) is 9.46. The van der Waals surface area contributed by atoms with Crippen molar-refractivity contribution in [1.29, 1.82) is 0 Å². The van der Waals surface area contributed by atoms with Crippen molar-refractivity contribution in [2.75, 3.05) is 11.9 Å². The minimum absolute atomic E-state index is 0.117. The van der Waals surface area contributed by atoms with E-state index in [0.717, 1.165) is 48.3 Å². The van der Waals surface area contributed by atoms with E-state index in [0.29, 0.717) is 16.7 Å². The summed E-state index contributed by atoms with van der Waals surface area (Å²) in [7, 11) is 0. The molecule has 1 saturated carbocycles. The SMILES string of the molecule is Cc1ccc(NC(=O)COc2cccc(C=Nn3c(C4CCCCC4)nc4ccccc4c3=O)c2)cc1. The van der Waals surface area contributed by atoms with Crippen LogP contribution in [-0.2, 0) is 4.79 Å². The van der Waals surface area contributed by atoms with Gasteiger partial charge >= 0.3 is 0 Å². The maximum absolute atomic E-state index is 13.4. The fourth-order valence-electron chi connectivity index (χ4n) is 4.67. The van der Waals surface area contributed by atoms with E-state index in [1.165, 1.54) is 11.1 Å². The molecule has 4 aromatic rings. The van der Waals surface area contributed by atoms with Gasteiger partial charge in [0.15, 0.2) is 6.61 Å². The first kappa shape index (κ1) is 24.4. The summed E-state index contributed by atoms with van der Waals surface area (Å²) in [4.78, 5) is 30.5. The maximum Gasteiger partial charge on any atom is 0.282 e. The van der Waals surface area contributed by atoms with Crippen LogP contribution in [0.4, 0.5) is 5.69 Å². The number of fused-ring (bicyclic) bond motifs is 1. The van der Waals surface area contributed by atoms with Crippen LogP contribution in [0.15, 0.2) is 82.7 Å². The molecule has 7 heteroatoms. The number of nitrogens with zero attached hydrogens (tertiary/aromatic N) is 3. The average molecular weight is 495 g/mol. The van der Waals surface area contributed by atoms with Gasteiger partial charge in [0.05, 0.1) is 17.1 Å². The van der Waals surface area contributed by atoms with Crippen LogP contribution in [0.2, 0.25) is 0 Å². The van der Waals surface area contributed by atoms with Crippen molar-refractivity contribution in [2.24, 2.45) is 5.10 Å². The third-order valence-corrected chi connectivity index (χ3v) is 6.63. The van der Waals surface area contributed by atoms with E-state index in [-0.39, 0.29) is 24.0 Å². The van der Waals surface area contributed by atoms with E-state index >= 15 is 0 Å². The fourth-order valence-corrected chi connectivity index (χ4v) is 4.67. The molecule has 0 unspecified atom stereocenters. The molecule has 188 valence electrons. The Kier molecular flexibility index (Phi) is 7.40. The number of para-hydroxylation sites is 1. The van der Waals surface area contributed by atoms with Gasteiger partial charge in [0, 0.05) is 11.6 Å². The zero-order valence-corrected chi connectivity index (χ0v) is 20.9. The lowest BCUT2D eigenvalue weighted by Crippen LogP contribution is -2.25. The van der Waals surface area contributed by atoms with Gasteiger partial charge in [-0.3, -0.25) is 9.59 Å². The van der Waals surface area contributed by atoms with E-state index in [9.17, 15) is 9.59 Å². The van der Waals surface area contributed by atoms with Crippen LogP contribution >= 0.6 is 0 Å². The number of carbonyl (C=O) groups excluding carboxylic acids is 1. The lowest BCUT2D eigenvalue weighted by atomic mass is 9.88. The van der Waals surface area contributed by atoms with Crippen molar-refractivity contribution in [3.05, 3.63) is 100 Å². The molecule has 1 fully saturated rings. The molecule has 37 heavy (non-hydrogen) atoms. The van der Waals surface area contributed by atoms with Crippen molar-refractivity contribution in [3.8, 4) is 5.75 Å². The molecular weight excluding hydrogens is 464 g/mol. The summed E-state index contributed by atoms with van der Waals surface area (Å²) in [5.74, 6) is 1.23. The molecule has 1 heterocycles. The molecule has 0 spiro atoms. The number of ether oxygens (including phenoxy) is 1. The Morgan fingerprint density at radius 3 is 2.65 bits per heavy atom. The quantitative estimate of drug-likeness (QED) is 0.336. The number of benzene rings is 3. The highest BCUT2D eigenvalue weighted by Gasteiger charge is 2.22. The Hall–Kier alpha value is -4.26. The first-order chi connectivity index (χ1) is 18.1. The number of amides is 1. The maximum atomic E-state index is 13.4. The average Bonchev–Trinajstić information content (AvgIpc) is 2.93. The molecule has 0 radical (unpaired) electrons.